The van der Waals surface area contributed by atoms with Gasteiger partial charge < -0.3 is 10.2 Å². The van der Waals surface area contributed by atoms with E-state index in [4.69, 9.17) is 0 Å². The van der Waals surface area contributed by atoms with Gasteiger partial charge in [-0.05, 0) is 62.2 Å². The molecule has 0 aromatic rings. The van der Waals surface area contributed by atoms with Gasteiger partial charge in [0.1, 0.15) is 5.78 Å². The van der Waals surface area contributed by atoms with Gasteiger partial charge in [-0.15, -0.1) is 0 Å². The van der Waals surface area contributed by atoms with Crippen LogP contribution < -0.4 is 0 Å². The van der Waals surface area contributed by atoms with E-state index in [1.807, 2.05) is 0 Å². The van der Waals surface area contributed by atoms with Crippen LogP contribution in [-0.4, -0.2) is 27.9 Å². The van der Waals surface area contributed by atoms with Crippen molar-refractivity contribution in [3.05, 3.63) is 0 Å². The maximum atomic E-state index is 13.7. The van der Waals surface area contributed by atoms with Crippen LogP contribution in [0.1, 0.15) is 64.2 Å². The van der Waals surface area contributed by atoms with Crippen molar-refractivity contribution in [2.24, 2.45) is 47.3 Å². The molecule has 5 nitrogen and oxygen atoms in total. The summed E-state index contributed by atoms with van der Waals surface area (Å²) >= 11 is 0. The Morgan fingerprint density at radius 1 is 0.654 bits per heavy atom. The first-order valence-electron chi connectivity index (χ1n) is 10.5. The molecule has 0 radical (unpaired) electrons. The largest absolute Gasteiger partial charge is 0.481 e. The first-order chi connectivity index (χ1) is 12.5. The summed E-state index contributed by atoms with van der Waals surface area (Å²) in [6.45, 7) is 0. The molecule has 4 saturated carbocycles. The molecule has 0 heterocycles. The lowest BCUT2D eigenvalue weighted by atomic mass is 9.72. The summed E-state index contributed by atoms with van der Waals surface area (Å²) in [6, 6.07) is 0. The molecule has 4 fully saturated rings. The van der Waals surface area contributed by atoms with Crippen LogP contribution in [0.25, 0.3) is 0 Å². The minimum Gasteiger partial charge on any atom is -0.481 e. The lowest BCUT2D eigenvalue weighted by Crippen LogP contribution is -2.36. The lowest BCUT2D eigenvalue weighted by molar-refractivity contribution is -0.139. The molecular weight excluding hydrogens is 332 g/mol. The lowest BCUT2D eigenvalue weighted by Gasteiger charge is -2.30. The van der Waals surface area contributed by atoms with Crippen molar-refractivity contribution >= 4 is 17.7 Å². The first-order valence-corrected chi connectivity index (χ1v) is 10.5. The molecule has 6 unspecified atom stereocenters. The Kier molecular flexibility index (Phi) is 4.83. The van der Waals surface area contributed by atoms with Crippen molar-refractivity contribution in [3.8, 4) is 0 Å². The van der Waals surface area contributed by atoms with Crippen LogP contribution in [0.4, 0.5) is 0 Å². The van der Waals surface area contributed by atoms with E-state index < -0.39 is 11.9 Å². The molecule has 0 saturated heterocycles. The summed E-state index contributed by atoms with van der Waals surface area (Å²) in [5, 5.41) is 18.8. The van der Waals surface area contributed by atoms with Crippen LogP contribution in [0, 0.1) is 47.3 Å². The minimum absolute atomic E-state index is 0.00553. The Hall–Kier alpha value is -1.39. The predicted octanol–water partition coefficient (Wildman–Crippen LogP) is 3.61. The maximum Gasteiger partial charge on any atom is 0.306 e. The molecule has 2 N–H and O–H groups in total. The monoisotopic (exact) mass is 362 g/mol. The smallest absolute Gasteiger partial charge is 0.306 e. The molecule has 4 rings (SSSR count). The van der Waals surface area contributed by atoms with E-state index in [-0.39, 0.29) is 41.3 Å². The van der Waals surface area contributed by atoms with Gasteiger partial charge in [0.2, 0.25) is 0 Å². The van der Waals surface area contributed by atoms with E-state index in [9.17, 15) is 24.6 Å². The quantitative estimate of drug-likeness (QED) is 0.688. The molecule has 5 heteroatoms. The summed E-state index contributed by atoms with van der Waals surface area (Å²) in [5.41, 5.74) is 0. The Balaban J connectivity index is 1.57. The number of aliphatic carboxylic acids is 2. The van der Waals surface area contributed by atoms with Gasteiger partial charge in [0.25, 0.3) is 0 Å². The Bertz CT molecular complexity index is 537. The molecule has 144 valence electrons. The van der Waals surface area contributed by atoms with E-state index in [2.05, 4.69) is 0 Å². The SMILES string of the molecule is O=C(O)C1CC1C(C(=O)C(C1CCCC1)C1CC1C(=O)O)C1CCCC1. The standard InChI is InChI=1S/C21H30O5/c22-19(17(11-5-1-2-6-11)13-9-15(13)20(23)24)18(12-7-3-4-8-12)14-10-16(14)21(25)26/h11-18H,1-10H2,(H,23,24)(H,25,26). The fourth-order valence-electron chi connectivity index (χ4n) is 6.23. The zero-order valence-electron chi connectivity index (χ0n) is 15.3. The summed E-state index contributed by atoms with van der Waals surface area (Å²) in [5.74, 6) is -1.65. The highest BCUT2D eigenvalue weighted by molar-refractivity contribution is 5.88. The van der Waals surface area contributed by atoms with E-state index in [1.165, 1.54) is 0 Å². The predicted molar refractivity (Wildman–Crippen MR) is 94.4 cm³/mol. The third-order valence-electron chi connectivity index (χ3n) is 7.71. The fraction of sp³-hybridized carbons (Fsp3) is 0.857. The van der Waals surface area contributed by atoms with Gasteiger partial charge in [-0.1, -0.05) is 25.7 Å². The number of ketones is 1. The molecule has 6 atom stereocenters. The third kappa shape index (κ3) is 3.29. The molecule has 26 heavy (non-hydrogen) atoms. The van der Waals surface area contributed by atoms with Gasteiger partial charge in [-0.25, -0.2) is 0 Å². The van der Waals surface area contributed by atoms with Crippen LogP contribution in [0.15, 0.2) is 0 Å². The summed E-state index contributed by atoms with van der Waals surface area (Å²) in [6.07, 6.45) is 9.92. The van der Waals surface area contributed by atoms with Crippen molar-refractivity contribution in [3.63, 3.8) is 0 Å². The Morgan fingerprint density at radius 3 is 1.27 bits per heavy atom. The highest BCUT2D eigenvalue weighted by Crippen LogP contribution is 2.56. The molecule has 0 amide bonds. The van der Waals surface area contributed by atoms with Gasteiger partial charge >= 0.3 is 11.9 Å². The van der Waals surface area contributed by atoms with Crippen LogP contribution >= 0.6 is 0 Å². The Morgan fingerprint density at radius 2 is 1.00 bits per heavy atom. The minimum atomic E-state index is -0.766. The first kappa shape index (κ1) is 18.0. The molecule has 4 aliphatic rings. The van der Waals surface area contributed by atoms with E-state index >= 15 is 0 Å². The van der Waals surface area contributed by atoms with Crippen LogP contribution in [0.5, 0.6) is 0 Å². The van der Waals surface area contributed by atoms with Crippen molar-refractivity contribution in [2.45, 2.75) is 64.2 Å². The van der Waals surface area contributed by atoms with Crippen LogP contribution in [-0.2, 0) is 14.4 Å². The zero-order valence-corrected chi connectivity index (χ0v) is 15.3. The molecule has 0 aromatic heterocycles. The summed E-state index contributed by atoms with van der Waals surface area (Å²) < 4.78 is 0. The third-order valence-corrected chi connectivity index (χ3v) is 7.71. The van der Waals surface area contributed by atoms with Gasteiger partial charge in [-0.3, -0.25) is 14.4 Å². The van der Waals surface area contributed by atoms with Crippen molar-refractivity contribution in [1.29, 1.82) is 0 Å². The fourth-order valence-corrected chi connectivity index (χ4v) is 6.23. The number of carboxylic acids is 2. The second-order valence-electron chi connectivity index (χ2n) is 9.23. The second kappa shape index (κ2) is 6.97. The number of hydrogen-bond acceptors (Lipinski definition) is 3. The number of hydrogen-bond donors (Lipinski definition) is 2. The summed E-state index contributed by atoms with van der Waals surface area (Å²) in [4.78, 5) is 36.6. The number of carbonyl (C=O) groups excluding carboxylic acids is 1. The highest BCUT2D eigenvalue weighted by atomic mass is 16.4. The molecule has 4 aliphatic carbocycles. The van der Waals surface area contributed by atoms with Crippen LogP contribution in [0.3, 0.4) is 0 Å². The number of Topliss-reactive ketones (excluding diaryl/α,β-unsaturated/α-hetero) is 1. The molecule has 0 aromatic carbocycles. The van der Waals surface area contributed by atoms with Gasteiger partial charge in [0.15, 0.2) is 0 Å². The van der Waals surface area contributed by atoms with Crippen molar-refractivity contribution in [2.75, 3.05) is 0 Å². The van der Waals surface area contributed by atoms with Crippen LogP contribution in [0.2, 0.25) is 0 Å². The Labute approximate surface area is 154 Å². The molecule has 0 spiro atoms. The topological polar surface area (TPSA) is 91.7 Å². The summed E-state index contributed by atoms with van der Waals surface area (Å²) in [7, 11) is 0. The second-order valence-corrected chi connectivity index (χ2v) is 9.23. The van der Waals surface area contributed by atoms with E-state index in [0.717, 1.165) is 51.4 Å². The van der Waals surface area contributed by atoms with Gasteiger partial charge in [0.05, 0.1) is 11.8 Å². The van der Waals surface area contributed by atoms with E-state index in [0.29, 0.717) is 24.7 Å². The van der Waals surface area contributed by atoms with Gasteiger partial charge in [-0.2, -0.15) is 0 Å². The zero-order chi connectivity index (χ0) is 18.4. The molecule has 0 aliphatic heterocycles. The highest BCUT2D eigenvalue weighted by Gasteiger charge is 2.58. The van der Waals surface area contributed by atoms with Crippen molar-refractivity contribution < 1.29 is 24.6 Å². The normalized spacial score (nSPS) is 36.6. The average Bonchev–Trinajstić information content (AvgIpc) is 3.41. The maximum absolute atomic E-state index is 13.7. The van der Waals surface area contributed by atoms with Crippen molar-refractivity contribution in [1.82, 2.24) is 0 Å². The number of carboxylic acid groups (broad SMARTS) is 2. The average molecular weight is 362 g/mol. The number of carbonyl (C=O) groups is 3. The number of rotatable bonds is 8. The van der Waals surface area contributed by atoms with Gasteiger partial charge in [0, 0.05) is 11.8 Å². The molecule has 0 bridgehead atoms. The molecular formula is C21H30O5. The van der Waals surface area contributed by atoms with E-state index in [1.54, 1.807) is 0 Å².